The van der Waals surface area contributed by atoms with Crippen LogP contribution in [0.4, 0.5) is 24.8 Å². The van der Waals surface area contributed by atoms with E-state index in [4.69, 9.17) is 0 Å². The summed E-state index contributed by atoms with van der Waals surface area (Å²) in [4.78, 5) is 10.1. The summed E-state index contributed by atoms with van der Waals surface area (Å²) in [5.41, 5.74) is -0.710. The van der Waals surface area contributed by atoms with Gasteiger partial charge in [-0.05, 0) is 39.8 Å². The Kier molecular flexibility index (Phi) is 6.99. The molecule has 0 atom stereocenters. The van der Waals surface area contributed by atoms with Crippen LogP contribution in [-0.4, -0.2) is 51.0 Å². The summed E-state index contributed by atoms with van der Waals surface area (Å²) in [6, 6.07) is 5.56. The normalized spacial score (nSPS) is 15.8. The molecule has 176 valence electrons. The molecule has 1 saturated heterocycles. The summed E-state index contributed by atoms with van der Waals surface area (Å²) in [7, 11) is -3.61. The molecule has 0 aromatic carbocycles. The van der Waals surface area contributed by atoms with Crippen molar-refractivity contribution >= 4 is 21.7 Å². The maximum Gasteiger partial charge on any atom is 0.419 e. The predicted molar refractivity (Wildman–Crippen MR) is 115 cm³/mol. The van der Waals surface area contributed by atoms with Gasteiger partial charge in [0.1, 0.15) is 43.5 Å². The van der Waals surface area contributed by atoms with Gasteiger partial charge in [-0.25, -0.2) is 18.4 Å². The predicted octanol–water partition coefficient (Wildman–Crippen LogP) is 2.47. The number of nitrogens with one attached hydrogen (secondary N) is 2. The van der Waals surface area contributed by atoms with Gasteiger partial charge < -0.3 is 0 Å². The monoisotopic (exact) mass is 473 g/mol. The van der Waals surface area contributed by atoms with Crippen LogP contribution in [0.5, 0.6) is 0 Å². The van der Waals surface area contributed by atoms with Gasteiger partial charge in [0.05, 0.1) is 5.56 Å². The fraction of sp³-hybridized carbons (Fsp3) is 0.524. The second kappa shape index (κ2) is 9.22. The zero-order chi connectivity index (χ0) is 23.7. The maximum absolute atomic E-state index is 13.0. The SMILES string of the molecule is CC(C)N(C(C)C)S(=O)(=O)c1ccc(N2CCN(c3ccc(C(F)(F)F)c[nH+]3)CC2)[nH+]c1. The lowest BCUT2D eigenvalue weighted by Gasteiger charge is -2.29. The van der Waals surface area contributed by atoms with Crippen LogP contribution < -0.4 is 19.8 Å². The molecule has 0 spiro atoms. The molecule has 3 rings (SSSR count). The van der Waals surface area contributed by atoms with Gasteiger partial charge in [-0.3, -0.25) is 9.80 Å². The Morgan fingerprint density at radius 3 is 1.66 bits per heavy atom. The molecule has 1 aliphatic rings. The Morgan fingerprint density at radius 1 is 0.844 bits per heavy atom. The van der Waals surface area contributed by atoms with Crippen molar-refractivity contribution in [3.63, 3.8) is 0 Å². The van der Waals surface area contributed by atoms with E-state index >= 15 is 0 Å². The lowest BCUT2D eigenvalue weighted by atomic mass is 10.2. The molecule has 7 nitrogen and oxygen atoms in total. The zero-order valence-corrected chi connectivity index (χ0v) is 19.5. The van der Waals surface area contributed by atoms with Crippen LogP contribution in [0.1, 0.15) is 33.3 Å². The molecule has 2 aromatic heterocycles. The number of H-pyrrole nitrogens is 2. The van der Waals surface area contributed by atoms with E-state index in [1.807, 2.05) is 32.6 Å². The third-order valence-corrected chi connectivity index (χ3v) is 7.69. The first-order valence-corrected chi connectivity index (χ1v) is 12.0. The number of rotatable bonds is 6. The van der Waals surface area contributed by atoms with E-state index in [-0.39, 0.29) is 17.0 Å². The number of anilines is 2. The van der Waals surface area contributed by atoms with Crippen LogP contribution in [0.25, 0.3) is 0 Å². The van der Waals surface area contributed by atoms with Crippen LogP contribution in [0, 0.1) is 0 Å². The van der Waals surface area contributed by atoms with Crippen LogP contribution in [0.3, 0.4) is 0 Å². The molecule has 32 heavy (non-hydrogen) atoms. The number of hydrogen-bond donors (Lipinski definition) is 0. The largest absolute Gasteiger partial charge is 0.419 e. The van der Waals surface area contributed by atoms with E-state index in [2.05, 4.69) is 14.9 Å². The fourth-order valence-electron chi connectivity index (χ4n) is 4.01. The van der Waals surface area contributed by atoms with E-state index in [9.17, 15) is 21.6 Å². The number of aromatic amines is 2. The van der Waals surface area contributed by atoms with Crippen molar-refractivity contribution in [3.8, 4) is 0 Å². The van der Waals surface area contributed by atoms with Gasteiger partial charge in [-0.15, -0.1) is 0 Å². The molecule has 11 heteroatoms. The molecule has 1 fully saturated rings. The van der Waals surface area contributed by atoms with E-state index in [1.165, 1.54) is 16.6 Å². The minimum absolute atomic E-state index is 0.158. The highest BCUT2D eigenvalue weighted by Gasteiger charge is 2.34. The number of pyridine rings is 2. The Balaban J connectivity index is 1.66. The van der Waals surface area contributed by atoms with Gasteiger partial charge in [-0.1, -0.05) is 0 Å². The van der Waals surface area contributed by atoms with Crippen LogP contribution in [0.2, 0.25) is 0 Å². The lowest BCUT2D eigenvalue weighted by molar-refractivity contribution is -0.369. The average molecular weight is 474 g/mol. The van der Waals surface area contributed by atoms with Gasteiger partial charge in [-0.2, -0.15) is 17.5 Å². The Bertz CT molecular complexity index is 993. The molecule has 0 bridgehead atoms. The molecule has 0 amide bonds. The van der Waals surface area contributed by atoms with Crippen molar-refractivity contribution in [1.82, 2.24) is 4.31 Å². The zero-order valence-electron chi connectivity index (χ0n) is 18.6. The highest BCUT2D eigenvalue weighted by Crippen LogP contribution is 2.28. The number of halogens is 3. The average Bonchev–Trinajstić information content (AvgIpc) is 2.72. The molecule has 0 aliphatic carbocycles. The van der Waals surface area contributed by atoms with Crippen LogP contribution in [0.15, 0.2) is 41.6 Å². The number of aromatic nitrogens is 2. The van der Waals surface area contributed by atoms with Gasteiger partial charge in [0.2, 0.25) is 10.0 Å². The highest BCUT2D eigenvalue weighted by molar-refractivity contribution is 7.89. The number of piperazine rings is 1. The molecule has 2 N–H and O–H groups in total. The summed E-state index contributed by atoms with van der Waals surface area (Å²) in [5, 5.41) is 0. The van der Waals surface area contributed by atoms with E-state index < -0.39 is 21.8 Å². The molecule has 0 saturated carbocycles. The van der Waals surface area contributed by atoms with E-state index in [0.717, 1.165) is 18.1 Å². The van der Waals surface area contributed by atoms with Gasteiger partial charge >= 0.3 is 6.18 Å². The number of sulfonamides is 1. The fourth-order valence-corrected chi connectivity index (χ4v) is 5.81. The first-order valence-electron chi connectivity index (χ1n) is 10.6. The molecule has 0 radical (unpaired) electrons. The maximum atomic E-state index is 13.0. The number of nitrogens with zero attached hydrogens (tertiary/aromatic N) is 3. The Labute approximate surface area is 186 Å². The van der Waals surface area contributed by atoms with Crippen molar-refractivity contribution in [1.29, 1.82) is 0 Å². The van der Waals surface area contributed by atoms with Gasteiger partial charge in [0.25, 0.3) is 11.6 Å². The molecule has 3 heterocycles. The van der Waals surface area contributed by atoms with Gasteiger partial charge in [0.15, 0.2) is 0 Å². The van der Waals surface area contributed by atoms with Crippen LogP contribution in [-0.2, 0) is 16.2 Å². The summed E-state index contributed by atoms with van der Waals surface area (Å²) >= 11 is 0. The Morgan fingerprint density at radius 2 is 1.31 bits per heavy atom. The third-order valence-electron chi connectivity index (χ3n) is 5.45. The van der Waals surface area contributed by atoms with Crippen molar-refractivity contribution in [2.75, 3.05) is 36.0 Å². The first kappa shape index (κ1) is 24.2. The Hall–Kier alpha value is -2.40. The second-order valence-corrected chi connectivity index (χ2v) is 10.2. The molecule has 1 aliphatic heterocycles. The number of alkyl halides is 3. The number of hydrogen-bond acceptors (Lipinski definition) is 4. The molecule has 0 unspecified atom stereocenters. The smallest absolute Gasteiger partial charge is 0.254 e. The molecular formula is C21H30F3N5O2S+2. The summed E-state index contributed by atoms with van der Waals surface area (Å²) in [5.74, 6) is 1.42. The summed E-state index contributed by atoms with van der Waals surface area (Å²) in [6.45, 7) is 9.91. The summed E-state index contributed by atoms with van der Waals surface area (Å²) in [6.07, 6.45) is -1.88. The van der Waals surface area contributed by atoms with Crippen LogP contribution >= 0.6 is 0 Å². The standard InChI is InChI=1S/C21H28F3N5O2S/c1-15(2)29(16(3)4)32(30,31)18-6-8-20(26-14-18)28-11-9-27(10-12-28)19-7-5-17(13-25-19)21(22,23)24/h5-8,13-16H,9-12H2,1-4H3/p+2. The minimum Gasteiger partial charge on any atom is -0.254 e. The second-order valence-electron chi connectivity index (χ2n) is 8.37. The van der Waals surface area contributed by atoms with Crippen molar-refractivity contribution in [2.24, 2.45) is 0 Å². The quantitative estimate of drug-likeness (QED) is 0.646. The van der Waals surface area contributed by atoms with E-state index in [0.29, 0.717) is 32.0 Å². The minimum atomic E-state index is -4.37. The highest BCUT2D eigenvalue weighted by atomic mass is 32.2. The molecular weight excluding hydrogens is 443 g/mol. The van der Waals surface area contributed by atoms with E-state index in [1.54, 1.807) is 12.1 Å². The summed E-state index contributed by atoms with van der Waals surface area (Å²) < 4.78 is 65.7. The van der Waals surface area contributed by atoms with Crippen molar-refractivity contribution in [3.05, 3.63) is 42.2 Å². The third kappa shape index (κ3) is 5.15. The van der Waals surface area contributed by atoms with Gasteiger partial charge in [0, 0.05) is 24.2 Å². The topological polar surface area (TPSA) is 72.1 Å². The van der Waals surface area contributed by atoms with Crippen molar-refractivity contribution in [2.45, 2.75) is 50.9 Å². The first-order chi connectivity index (χ1) is 14.9. The van der Waals surface area contributed by atoms with Crippen molar-refractivity contribution < 1.29 is 31.6 Å². The lowest BCUT2D eigenvalue weighted by Crippen LogP contribution is -2.49. The molecule has 2 aromatic rings.